The van der Waals surface area contributed by atoms with Gasteiger partial charge in [-0.2, -0.15) is 0 Å². The molecular weight excluding hydrogens is 446 g/mol. The van der Waals surface area contributed by atoms with Crippen molar-refractivity contribution in [2.45, 2.75) is 142 Å². The topological polar surface area (TPSA) is 38.8 Å². The summed E-state index contributed by atoms with van der Waals surface area (Å²) in [5.41, 5.74) is 0. The van der Waals surface area contributed by atoms with E-state index in [9.17, 15) is 4.79 Å². The highest BCUT2D eigenvalue weighted by molar-refractivity contribution is 5.55. The maximum atomic E-state index is 11.4. The minimum absolute atomic E-state index is 0.192. The van der Waals surface area contributed by atoms with Gasteiger partial charge in [0.25, 0.3) is 0 Å². The molecule has 0 bridgehead atoms. The summed E-state index contributed by atoms with van der Waals surface area (Å²) in [6.45, 7) is 6.50. The fraction of sp³-hybridized carbons (Fsp3) is 0.844. The fourth-order valence-corrected chi connectivity index (χ4v) is 4.13. The van der Waals surface area contributed by atoms with Crippen LogP contribution >= 0.6 is 0 Å². The highest BCUT2D eigenvalue weighted by atomic mass is 16.5. The predicted octanol–water partition coefficient (Wildman–Crippen LogP) is 8.69. The molecule has 0 saturated heterocycles. The maximum absolute atomic E-state index is 11.4. The van der Waals surface area contributed by atoms with Crippen molar-refractivity contribution in [1.29, 1.82) is 0 Å². The zero-order valence-electron chi connectivity index (χ0n) is 24.6. The number of carbonyl (C=O) groups is 1. The first kappa shape index (κ1) is 35.0. The van der Waals surface area contributed by atoms with Crippen LogP contribution in [0.15, 0.2) is 24.3 Å². The lowest BCUT2D eigenvalue weighted by Crippen LogP contribution is -2.38. The quantitative estimate of drug-likeness (QED) is 0.0603. The van der Waals surface area contributed by atoms with E-state index in [1.54, 1.807) is 0 Å². The van der Waals surface area contributed by atoms with Gasteiger partial charge in [0.05, 0.1) is 19.3 Å². The molecule has 0 aliphatic carbocycles. The number of allylic oxidation sites excluding steroid dienone is 4. The van der Waals surface area contributed by atoms with E-state index in [2.05, 4.69) is 57.1 Å². The van der Waals surface area contributed by atoms with E-state index in [1.807, 2.05) is 0 Å². The van der Waals surface area contributed by atoms with E-state index in [0.29, 0.717) is 13.2 Å². The Morgan fingerprint density at radius 1 is 0.667 bits per heavy atom. The number of rotatable bonds is 28. The first-order valence-electron chi connectivity index (χ1n) is 15.3. The van der Waals surface area contributed by atoms with Crippen LogP contribution in [-0.2, 0) is 14.3 Å². The molecule has 36 heavy (non-hydrogen) atoms. The Kier molecular flexibility index (Phi) is 27.8. The molecule has 0 heterocycles. The van der Waals surface area contributed by atoms with Crippen LogP contribution < -0.4 is 0 Å². The number of hydrogen-bond acceptors (Lipinski definition) is 4. The fourth-order valence-electron chi connectivity index (χ4n) is 4.13. The summed E-state index contributed by atoms with van der Waals surface area (Å²) in [5.74, 6) is 0. The average molecular weight is 508 g/mol. The van der Waals surface area contributed by atoms with E-state index in [0.717, 1.165) is 38.6 Å². The first-order chi connectivity index (χ1) is 17.7. The minimum Gasteiger partial charge on any atom is -0.380 e. The Labute approximate surface area is 225 Å². The molecule has 0 fully saturated rings. The molecule has 0 aromatic carbocycles. The number of carbonyl (C=O) groups excluding carboxylic acids is 1. The van der Waals surface area contributed by atoms with Crippen LogP contribution in [0.5, 0.6) is 0 Å². The second-order valence-electron chi connectivity index (χ2n) is 10.5. The summed E-state index contributed by atoms with van der Waals surface area (Å²) in [6.07, 6.45) is 32.0. The van der Waals surface area contributed by atoms with Crippen molar-refractivity contribution in [3.05, 3.63) is 24.3 Å². The van der Waals surface area contributed by atoms with Crippen molar-refractivity contribution in [2.24, 2.45) is 0 Å². The lowest BCUT2D eigenvalue weighted by molar-refractivity contribution is -0.120. The lowest BCUT2D eigenvalue weighted by Gasteiger charge is -2.25. The molecule has 0 spiro atoms. The molecule has 1 unspecified atom stereocenters. The van der Waals surface area contributed by atoms with Gasteiger partial charge in [0.15, 0.2) is 0 Å². The zero-order valence-corrected chi connectivity index (χ0v) is 24.6. The van der Waals surface area contributed by atoms with Crippen LogP contribution in [0.2, 0.25) is 0 Å². The Morgan fingerprint density at radius 2 is 1.22 bits per heavy atom. The van der Waals surface area contributed by atoms with Crippen LogP contribution in [-0.4, -0.2) is 57.2 Å². The number of nitrogens with zero attached hydrogens (tertiary/aromatic N) is 1. The average Bonchev–Trinajstić information content (AvgIpc) is 2.87. The number of hydrogen-bond donors (Lipinski definition) is 0. The molecular formula is C32H61NO3. The van der Waals surface area contributed by atoms with Crippen LogP contribution in [0.1, 0.15) is 129 Å². The molecule has 2 atom stereocenters. The first-order valence-corrected chi connectivity index (χ1v) is 15.3. The summed E-state index contributed by atoms with van der Waals surface area (Å²) in [6, 6.07) is 0.192. The van der Waals surface area contributed by atoms with Crippen molar-refractivity contribution in [2.75, 3.05) is 33.9 Å². The summed E-state index contributed by atoms with van der Waals surface area (Å²) in [4.78, 5) is 13.5. The molecule has 0 radical (unpaired) electrons. The molecule has 212 valence electrons. The molecule has 0 rings (SSSR count). The van der Waals surface area contributed by atoms with Crippen LogP contribution in [0.4, 0.5) is 0 Å². The highest BCUT2D eigenvalue weighted by Crippen LogP contribution is 2.11. The number of aldehydes is 1. The number of unbranched alkanes of at least 4 members (excludes halogenated alkanes) is 13. The van der Waals surface area contributed by atoms with E-state index >= 15 is 0 Å². The second kappa shape index (κ2) is 28.6. The van der Waals surface area contributed by atoms with Gasteiger partial charge < -0.3 is 19.2 Å². The summed E-state index contributed by atoms with van der Waals surface area (Å²) < 4.78 is 11.9. The van der Waals surface area contributed by atoms with E-state index < -0.39 is 0 Å². The van der Waals surface area contributed by atoms with Gasteiger partial charge in [-0.05, 0) is 59.0 Å². The third kappa shape index (κ3) is 24.7. The summed E-state index contributed by atoms with van der Waals surface area (Å²) in [5, 5.41) is 0. The SMILES string of the molecule is CCCCC/C=C\C/C=C\CCCCCCCCOC[C@H](COC(C=O)CCCCCCC)N(C)C. The van der Waals surface area contributed by atoms with Crippen molar-refractivity contribution < 1.29 is 14.3 Å². The second-order valence-corrected chi connectivity index (χ2v) is 10.5. The van der Waals surface area contributed by atoms with Gasteiger partial charge in [-0.1, -0.05) is 109 Å². The van der Waals surface area contributed by atoms with Gasteiger partial charge in [-0.3, -0.25) is 0 Å². The van der Waals surface area contributed by atoms with Gasteiger partial charge >= 0.3 is 0 Å². The van der Waals surface area contributed by atoms with Crippen LogP contribution in [0.3, 0.4) is 0 Å². The van der Waals surface area contributed by atoms with Gasteiger partial charge in [-0.25, -0.2) is 0 Å². The van der Waals surface area contributed by atoms with Gasteiger partial charge in [0.2, 0.25) is 0 Å². The van der Waals surface area contributed by atoms with Crippen LogP contribution in [0, 0.1) is 0 Å². The van der Waals surface area contributed by atoms with E-state index in [1.165, 1.54) is 89.9 Å². The molecule has 0 aromatic heterocycles. The molecule has 0 amide bonds. The molecule has 0 N–H and O–H groups in total. The Bertz CT molecular complexity index is 504. The normalized spacial score (nSPS) is 13.8. The molecule has 4 nitrogen and oxygen atoms in total. The van der Waals surface area contributed by atoms with Gasteiger partial charge in [0.1, 0.15) is 12.4 Å². The zero-order chi connectivity index (χ0) is 26.5. The third-order valence-corrected chi connectivity index (χ3v) is 6.78. The predicted molar refractivity (Wildman–Crippen MR) is 157 cm³/mol. The van der Waals surface area contributed by atoms with Gasteiger partial charge in [0, 0.05) is 6.61 Å². The third-order valence-electron chi connectivity index (χ3n) is 6.78. The lowest BCUT2D eigenvalue weighted by atomic mass is 10.1. The maximum Gasteiger partial charge on any atom is 0.148 e. The minimum atomic E-state index is -0.276. The van der Waals surface area contributed by atoms with E-state index in [-0.39, 0.29) is 12.1 Å². The highest BCUT2D eigenvalue weighted by Gasteiger charge is 2.15. The van der Waals surface area contributed by atoms with Crippen molar-refractivity contribution in [1.82, 2.24) is 4.90 Å². The van der Waals surface area contributed by atoms with E-state index in [4.69, 9.17) is 9.47 Å². The Morgan fingerprint density at radius 3 is 1.86 bits per heavy atom. The van der Waals surface area contributed by atoms with Gasteiger partial charge in [-0.15, -0.1) is 0 Å². The smallest absolute Gasteiger partial charge is 0.148 e. The van der Waals surface area contributed by atoms with Crippen molar-refractivity contribution in [3.8, 4) is 0 Å². The van der Waals surface area contributed by atoms with Crippen molar-refractivity contribution in [3.63, 3.8) is 0 Å². The molecule has 0 aliphatic rings. The standard InChI is InChI=1S/C32H61NO3/c1-5-7-9-11-12-13-14-15-16-17-18-19-20-21-23-25-27-35-29-31(33(3)4)30-36-32(28-34)26-24-22-10-8-6-2/h12-13,15-16,28,31-32H,5-11,14,17-27,29-30H2,1-4H3/b13-12-,16-15-/t31-,32?/m1/s1. The molecule has 0 aromatic rings. The number of ether oxygens (including phenoxy) is 2. The monoisotopic (exact) mass is 507 g/mol. The molecule has 0 aliphatic heterocycles. The Balaban J connectivity index is 3.65. The summed E-state index contributed by atoms with van der Waals surface area (Å²) in [7, 11) is 4.11. The molecule has 0 saturated carbocycles. The van der Waals surface area contributed by atoms with Crippen LogP contribution in [0.25, 0.3) is 0 Å². The molecule has 4 heteroatoms. The summed E-state index contributed by atoms with van der Waals surface area (Å²) >= 11 is 0. The van der Waals surface area contributed by atoms with Crippen molar-refractivity contribution >= 4 is 6.29 Å². The largest absolute Gasteiger partial charge is 0.380 e. The Hall–Kier alpha value is -0.970. The number of likely N-dealkylation sites (N-methyl/N-ethyl adjacent to an activating group) is 1.